The molecular formula is C17H16O10P2. The molecular weight excluding hydrogens is 426 g/mol. The Balaban J connectivity index is 2.12. The number of hydrogen-bond acceptors (Lipinski definition) is 6. The fraction of sp³-hybridized carbons (Fsp3) is 0.0588. The summed E-state index contributed by atoms with van der Waals surface area (Å²) in [6, 6.07) is 11.8. The molecule has 0 spiro atoms. The Morgan fingerprint density at radius 3 is 1.83 bits per heavy atom. The first-order valence-electron chi connectivity index (χ1n) is 7.82. The maximum atomic E-state index is 11.8. The zero-order valence-electron chi connectivity index (χ0n) is 14.8. The van der Waals surface area contributed by atoms with Gasteiger partial charge < -0.3 is 19.4 Å². The van der Waals surface area contributed by atoms with Gasteiger partial charge in [-0.2, -0.15) is 4.31 Å². The van der Waals surface area contributed by atoms with Crippen LogP contribution in [0.15, 0.2) is 48.5 Å². The third kappa shape index (κ3) is 7.07. The molecule has 2 aromatic carbocycles. The number of benzene rings is 2. The predicted octanol–water partition coefficient (Wildman–Crippen LogP) is 3.31. The van der Waals surface area contributed by atoms with Gasteiger partial charge >= 0.3 is 27.6 Å². The van der Waals surface area contributed by atoms with Crippen molar-refractivity contribution >= 4 is 39.2 Å². The largest absolute Gasteiger partial charge is 0.538 e. The van der Waals surface area contributed by atoms with E-state index >= 15 is 0 Å². The van der Waals surface area contributed by atoms with Crippen LogP contribution in [0.25, 0.3) is 11.6 Å². The normalized spacial score (nSPS) is 14.1. The molecule has 0 aliphatic heterocycles. The van der Waals surface area contributed by atoms with Crippen LogP contribution in [0.1, 0.15) is 38.8 Å². The molecule has 0 saturated carbocycles. The Kier molecular flexibility index (Phi) is 6.92. The summed E-state index contributed by atoms with van der Waals surface area (Å²) in [6.07, 6.45) is 1.76. The minimum atomic E-state index is -5.33. The SMILES string of the molecule is CC(=Cc1ccc(C(=O)OP(=O)(O)OP(=O)(O)O)cc1)c1ccc(C(=O)O)cc1. The molecule has 0 amide bonds. The molecule has 0 fully saturated rings. The van der Waals surface area contributed by atoms with Crippen molar-refractivity contribution in [3.05, 3.63) is 70.8 Å². The summed E-state index contributed by atoms with van der Waals surface area (Å²) in [4.78, 5) is 49.0. The van der Waals surface area contributed by atoms with E-state index in [0.29, 0.717) is 5.56 Å². The first kappa shape index (κ1) is 22.7. The highest BCUT2D eigenvalue weighted by Crippen LogP contribution is 2.57. The van der Waals surface area contributed by atoms with Crippen molar-refractivity contribution in [1.29, 1.82) is 0 Å². The highest BCUT2D eigenvalue weighted by molar-refractivity contribution is 7.61. The number of carbonyl (C=O) groups excluding carboxylic acids is 1. The Labute approximate surface area is 164 Å². The molecule has 0 aromatic heterocycles. The predicted molar refractivity (Wildman–Crippen MR) is 102 cm³/mol. The molecule has 10 nitrogen and oxygen atoms in total. The number of phosphoric ester groups is 1. The summed E-state index contributed by atoms with van der Waals surface area (Å²) < 4.78 is 29.7. The van der Waals surface area contributed by atoms with Crippen LogP contribution in [0.3, 0.4) is 0 Å². The Bertz CT molecular complexity index is 1030. The number of hydrogen-bond donors (Lipinski definition) is 4. The van der Waals surface area contributed by atoms with Gasteiger partial charge in [-0.1, -0.05) is 30.3 Å². The number of carboxylic acids is 1. The van der Waals surface area contributed by atoms with Gasteiger partial charge in [0.15, 0.2) is 0 Å². The van der Waals surface area contributed by atoms with Crippen molar-refractivity contribution in [1.82, 2.24) is 0 Å². The highest BCUT2D eigenvalue weighted by atomic mass is 31.3. The molecule has 2 aromatic rings. The van der Waals surface area contributed by atoms with Crippen LogP contribution in [0.5, 0.6) is 0 Å². The van der Waals surface area contributed by atoms with E-state index in [0.717, 1.165) is 11.1 Å². The smallest absolute Gasteiger partial charge is 0.478 e. The van der Waals surface area contributed by atoms with Crippen LogP contribution in [-0.2, 0) is 18.0 Å². The Morgan fingerprint density at radius 2 is 1.34 bits per heavy atom. The van der Waals surface area contributed by atoms with Crippen molar-refractivity contribution in [2.24, 2.45) is 0 Å². The molecule has 12 heteroatoms. The van der Waals surface area contributed by atoms with Crippen LogP contribution in [0.2, 0.25) is 0 Å². The fourth-order valence-corrected chi connectivity index (χ4v) is 3.76. The molecule has 0 bridgehead atoms. The highest BCUT2D eigenvalue weighted by Gasteiger charge is 2.35. The lowest BCUT2D eigenvalue weighted by Crippen LogP contribution is -2.04. The molecule has 1 unspecified atom stereocenters. The van der Waals surface area contributed by atoms with Crippen molar-refractivity contribution in [2.45, 2.75) is 6.92 Å². The molecule has 0 saturated heterocycles. The van der Waals surface area contributed by atoms with Crippen molar-refractivity contribution < 1.29 is 47.3 Å². The van der Waals surface area contributed by atoms with Gasteiger partial charge in [-0.25, -0.2) is 18.7 Å². The average Bonchev–Trinajstić information content (AvgIpc) is 2.59. The Morgan fingerprint density at radius 1 is 0.862 bits per heavy atom. The van der Waals surface area contributed by atoms with Gasteiger partial charge in [-0.3, -0.25) is 4.89 Å². The summed E-state index contributed by atoms with van der Waals surface area (Å²) in [5.74, 6) is -2.33. The van der Waals surface area contributed by atoms with Gasteiger partial charge in [0.05, 0.1) is 11.1 Å². The maximum absolute atomic E-state index is 11.8. The number of allylic oxidation sites excluding steroid dienone is 1. The number of carboxylic acid groups (broad SMARTS) is 1. The van der Waals surface area contributed by atoms with Gasteiger partial charge in [-0.05, 0) is 47.9 Å². The monoisotopic (exact) mass is 442 g/mol. The van der Waals surface area contributed by atoms with Crippen LogP contribution >= 0.6 is 15.6 Å². The molecule has 0 aliphatic rings. The van der Waals surface area contributed by atoms with Crippen molar-refractivity contribution in [2.75, 3.05) is 0 Å². The summed E-state index contributed by atoms with van der Waals surface area (Å²) in [7, 11) is -10.6. The van der Waals surface area contributed by atoms with Gasteiger partial charge in [-0.15, -0.1) is 0 Å². The minimum Gasteiger partial charge on any atom is -0.478 e. The molecule has 0 aliphatic carbocycles. The average molecular weight is 442 g/mol. The van der Waals surface area contributed by atoms with Gasteiger partial charge in [0.2, 0.25) is 0 Å². The van der Waals surface area contributed by atoms with Crippen LogP contribution in [-0.4, -0.2) is 31.7 Å². The molecule has 2 rings (SSSR count). The van der Waals surface area contributed by atoms with E-state index < -0.39 is 27.6 Å². The number of phosphoric acid groups is 2. The lowest BCUT2D eigenvalue weighted by molar-refractivity contribution is 0.0669. The van der Waals surface area contributed by atoms with E-state index in [-0.39, 0.29) is 11.1 Å². The topological polar surface area (TPSA) is 168 Å². The van der Waals surface area contributed by atoms with Gasteiger partial charge in [0.25, 0.3) is 0 Å². The molecule has 29 heavy (non-hydrogen) atoms. The summed E-state index contributed by atoms with van der Waals surface area (Å²) in [6.45, 7) is 1.80. The minimum absolute atomic E-state index is 0.144. The van der Waals surface area contributed by atoms with E-state index in [1.54, 1.807) is 25.1 Å². The number of aromatic carboxylic acids is 1. The maximum Gasteiger partial charge on any atom is 0.538 e. The lowest BCUT2D eigenvalue weighted by Gasteiger charge is -2.12. The number of rotatable bonds is 7. The quantitative estimate of drug-likeness (QED) is 0.369. The van der Waals surface area contributed by atoms with Crippen LogP contribution in [0.4, 0.5) is 0 Å². The van der Waals surface area contributed by atoms with E-state index in [1.807, 2.05) is 0 Å². The van der Waals surface area contributed by atoms with E-state index in [9.17, 15) is 23.6 Å². The van der Waals surface area contributed by atoms with E-state index in [1.165, 1.54) is 36.4 Å². The van der Waals surface area contributed by atoms with Crippen molar-refractivity contribution in [3.8, 4) is 0 Å². The third-order valence-corrected chi connectivity index (χ3v) is 5.60. The second-order valence-electron chi connectivity index (χ2n) is 5.75. The molecule has 0 heterocycles. The first-order chi connectivity index (χ1) is 13.4. The van der Waals surface area contributed by atoms with Crippen LogP contribution < -0.4 is 0 Å². The fourth-order valence-electron chi connectivity index (χ4n) is 2.23. The number of carbonyl (C=O) groups is 2. The van der Waals surface area contributed by atoms with Crippen molar-refractivity contribution in [3.63, 3.8) is 0 Å². The zero-order valence-corrected chi connectivity index (χ0v) is 16.6. The summed E-state index contributed by atoms with van der Waals surface area (Å²) in [5.41, 5.74) is 2.28. The van der Waals surface area contributed by atoms with E-state index in [4.69, 9.17) is 14.9 Å². The third-order valence-electron chi connectivity index (χ3n) is 3.52. The van der Waals surface area contributed by atoms with Crippen LogP contribution in [0, 0.1) is 0 Å². The second-order valence-corrected chi connectivity index (χ2v) is 8.51. The van der Waals surface area contributed by atoms with Gasteiger partial charge in [0, 0.05) is 0 Å². The second kappa shape index (κ2) is 8.84. The standard InChI is InChI=1S/C17H16O10P2/c1-11(13-6-8-14(9-7-13)16(18)19)10-12-2-4-15(5-3-12)17(20)26-29(24,25)27-28(21,22)23/h2-10H,1H3,(H,18,19)(H,24,25)(H2,21,22,23). The van der Waals surface area contributed by atoms with Gasteiger partial charge in [0.1, 0.15) is 0 Å². The zero-order chi connectivity index (χ0) is 21.8. The molecule has 4 N–H and O–H groups in total. The molecule has 0 radical (unpaired) electrons. The molecule has 154 valence electrons. The summed E-state index contributed by atoms with van der Waals surface area (Å²) >= 11 is 0. The summed E-state index contributed by atoms with van der Waals surface area (Å²) in [5, 5.41) is 8.91. The lowest BCUT2D eigenvalue weighted by atomic mass is 10.0. The first-order valence-corrected chi connectivity index (χ1v) is 10.8. The molecule has 1 atom stereocenters. The Hall–Kier alpha value is -2.58. The van der Waals surface area contributed by atoms with E-state index in [2.05, 4.69) is 8.83 Å².